The van der Waals surface area contributed by atoms with Crippen molar-refractivity contribution >= 4 is 23.4 Å². The Balaban J connectivity index is 1.23. The third-order valence-electron chi connectivity index (χ3n) is 7.89. The number of likely N-dealkylation sites (tertiary alicyclic amines) is 1. The van der Waals surface area contributed by atoms with Gasteiger partial charge >= 0.3 is 0 Å². The lowest BCUT2D eigenvalue weighted by Crippen LogP contribution is -2.50. The normalized spacial score (nSPS) is 21.1. The first kappa shape index (κ1) is 25.2. The molecule has 2 heterocycles. The fraction of sp³-hybridized carbons (Fsp3) is 0.323. The molecule has 3 aromatic carbocycles. The summed E-state index contributed by atoms with van der Waals surface area (Å²) in [7, 11) is 0. The second-order valence-electron chi connectivity index (χ2n) is 10.6. The molecule has 0 aromatic heterocycles. The highest BCUT2D eigenvalue weighted by Gasteiger charge is 2.42. The van der Waals surface area contributed by atoms with Gasteiger partial charge in [-0.25, -0.2) is 8.78 Å². The minimum absolute atomic E-state index is 0.140. The number of carbonyl (C=O) groups excluding carboxylic acids is 3. The van der Waals surface area contributed by atoms with Crippen LogP contribution in [0.5, 0.6) is 0 Å². The number of nitrogens with zero attached hydrogens (tertiary/aromatic N) is 2. The number of anilines is 1. The van der Waals surface area contributed by atoms with Gasteiger partial charge in [-0.1, -0.05) is 60.7 Å². The Morgan fingerprint density at radius 1 is 0.974 bits per heavy atom. The highest BCUT2D eigenvalue weighted by molar-refractivity contribution is 6.05. The quantitative estimate of drug-likeness (QED) is 0.492. The highest BCUT2D eigenvalue weighted by Crippen LogP contribution is 2.42. The molecular formula is C31H29F2N3O3. The summed E-state index contributed by atoms with van der Waals surface area (Å²) in [6.07, 6.45) is 0.642. The zero-order chi connectivity index (χ0) is 27.1. The van der Waals surface area contributed by atoms with Crippen LogP contribution in [-0.2, 0) is 20.8 Å². The maximum absolute atomic E-state index is 15.0. The minimum atomic E-state index is -1.36. The van der Waals surface area contributed by atoms with Gasteiger partial charge in [0.15, 0.2) is 0 Å². The van der Waals surface area contributed by atoms with Crippen LogP contribution in [0.1, 0.15) is 53.5 Å². The van der Waals surface area contributed by atoms with E-state index in [0.29, 0.717) is 16.8 Å². The van der Waals surface area contributed by atoms with E-state index in [-0.39, 0.29) is 43.6 Å². The number of hydrogen-bond donors (Lipinski definition) is 1. The van der Waals surface area contributed by atoms with E-state index in [1.165, 1.54) is 15.9 Å². The topological polar surface area (TPSA) is 69.7 Å². The standard InChI is InChI=1S/C31H29F2N3O3/c32-23-16-27(35(17-23)29(38)18-36-26-9-5-4-8-21(26)15-28(36)37)31(39)34-30(20-6-2-1-3-7-20)22-12-13-24(19-10-11-19)25(33)14-22/h1-9,12-14,19,23,27,30H,10-11,15-18H2,(H,34,39). The third-order valence-corrected chi connectivity index (χ3v) is 7.89. The summed E-state index contributed by atoms with van der Waals surface area (Å²) in [5, 5.41) is 2.96. The molecular weight excluding hydrogens is 500 g/mol. The smallest absolute Gasteiger partial charge is 0.243 e. The number of carbonyl (C=O) groups is 3. The summed E-state index contributed by atoms with van der Waals surface area (Å²) < 4.78 is 29.6. The van der Waals surface area contributed by atoms with Crippen molar-refractivity contribution in [3.8, 4) is 0 Å². The van der Waals surface area contributed by atoms with E-state index in [2.05, 4.69) is 5.32 Å². The molecule has 2 aliphatic heterocycles. The van der Waals surface area contributed by atoms with Gasteiger partial charge in [-0.05, 0) is 53.1 Å². The summed E-state index contributed by atoms with van der Waals surface area (Å²) in [6.45, 7) is -0.483. The van der Waals surface area contributed by atoms with Gasteiger partial charge in [0.2, 0.25) is 17.7 Å². The van der Waals surface area contributed by atoms with Gasteiger partial charge in [0, 0.05) is 12.1 Å². The Hall–Kier alpha value is -4.07. The minimum Gasteiger partial charge on any atom is -0.343 e. The Morgan fingerprint density at radius 2 is 1.72 bits per heavy atom. The molecule has 1 aliphatic carbocycles. The first-order valence-corrected chi connectivity index (χ1v) is 13.4. The van der Waals surface area contributed by atoms with E-state index < -0.39 is 30.1 Å². The largest absolute Gasteiger partial charge is 0.343 e. The molecule has 0 bridgehead atoms. The van der Waals surface area contributed by atoms with Gasteiger partial charge in [-0.2, -0.15) is 0 Å². The predicted octanol–water partition coefficient (Wildman–Crippen LogP) is 4.44. The summed E-state index contributed by atoms with van der Waals surface area (Å²) in [5.41, 5.74) is 3.50. The molecule has 3 aromatic rings. The molecule has 3 amide bonds. The number of hydrogen-bond acceptors (Lipinski definition) is 3. The molecule has 200 valence electrons. The van der Waals surface area contributed by atoms with Crippen LogP contribution in [0.25, 0.3) is 0 Å². The van der Waals surface area contributed by atoms with Crippen molar-refractivity contribution in [1.82, 2.24) is 10.2 Å². The molecule has 0 spiro atoms. The monoisotopic (exact) mass is 529 g/mol. The summed E-state index contributed by atoms with van der Waals surface area (Å²) in [6, 6.07) is 19.8. The number of rotatable bonds is 7. The first-order valence-electron chi connectivity index (χ1n) is 13.4. The molecule has 1 saturated heterocycles. The van der Waals surface area contributed by atoms with Crippen molar-refractivity contribution in [3.05, 3.63) is 101 Å². The van der Waals surface area contributed by atoms with Gasteiger partial charge in [0.05, 0.1) is 19.0 Å². The lowest BCUT2D eigenvalue weighted by molar-refractivity contribution is -0.138. The lowest BCUT2D eigenvalue weighted by atomic mass is 9.96. The molecule has 1 N–H and O–H groups in total. The number of amides is 3. The van der Waals surface area contributed by atoms with Crippen molar-refractivity contribution in [2.24, 2.45) is 0 Å². The van der Waals surface area contributed by atoms with Crippen LogP contribution in [-0.4, -0.2) is 47.9 Å². The molecule has 2 fully saturated rings. The maximum atomic E-state index is 15.0. The van der Waals surface area contributed by atoms with E-state index in [0.717, 1.165) is 24.0 Å². The van der Waals surface area contributed by atoms with Crippen molar-refractivity contribution in [3.63, 3.8) is 0 Å². The number of benzene rings is 3. The number of fused-ring (bicyclic) bond motifs is 1. The molecule has 1 saturated carbocycles. The average molecular weight is 530 g/mol. The van der Waals surface area contributed by atoms with Crippen LogP contribution in [0.15, 0.2) is 72.8 Å². The number of halogens is 2. The molecule has 6 nitrogen and oxygen atoms in total. The Kier molecular flexibility index (Phi) is 6.62. The summed E-state index contributed by atoms with van der Waals surface area (Å²) in [4.78, 5) is 42.1. The van der Waals surface area contributed by atoms with E-state index in [1.807, 2.05) is 48.5 Å². The van der Waals surface area contributed by atoms with Crippen LogP contribution in [0.3, 0.4) is 0 Å². The van der Waals surface area contributed by atoms with Gasteiger partial charge < -0.3 is 15.1 Å². The third kappa shape index (κ3) is 5.03. The SMILES string of the molecule is O=C(NC(c1ccccc1)c1ccc(C2CC2)c(F)c1)C1CC(F)CN1C(=O)CN1C(=O)Cc2ccccc21. The zero-order valence-corrected chi connectivity index (χ0v) is 21.4. The molecule has 3 unspecified atom stereocenters. The second kappa shape index (κ2) is 10.2. The van der Waals surface area contributed by atoms with Crippen LogP contribution in [0, 0.1) is 5.82 Å². The second-order valence-corrected chi connectivity index (χ2v) is 10.6. The number of alkyl halides is 1. The van der Waals surface area contributed by atoms with E-state index in [9.17, 15) is 23.2 Å². The van der Waals surface area contributed by atoms with E-state index >= 15 is 0 Å². The Labute approximate surface area is 225 Å². The fourth-order valence-electron chi connectivity index (χ4n) is 5.72. The lowest BCUT2D eigenvalue weighted by Gasteiger charge is -2.28. The summed E-state index contributed by atoms with van der Waals surface area (Å²) >= 11 is 0. The molecule has 3 atom stereocenters. The van der Waals surface area contributed by atoms with Crippen LogP contribution < -0.4 is 10.2 Å². The number of para-hydroxylation sites is 1. The fourth-order valence-corrected chi connectivity index (χ4v) is 5.72. The van der Waals surface area contributed by atoms with Gasteiger partial charge in [0.25, 0.3) is 0 Å². The van der Waals surface area contributed by atoms with Crippen molar-refractivity contribution < 1.29 is 23.2 Å². The Bertz CT molecular complexity index is 1430. The van der Waals surface area contributed by atoms with Crippen LogP contribution in [0.4, 0.5) is 14.5 Å². The van der Waals surface area contributed by atoms with E-state index in [1.54, 1.807) is 18.2 Å². The van der Waals surface area contributed by atoms with E-state index in [4.69, 9.17) is 0 Å². The first-order chi connectivity index (χ1) is 18.9. The van der Waals surface area contributed by atoms with Gasteiger partial charge in [0.1, 0.15) is 24.6 Å². The van der Waals surface area contributed by atoms with Gasteiger partial charge in [-0.15, -0.1) is 0 Å². The molecule has 3 aliphatic rings. The molecule has 0 radical (unpaired) electrons. The molecule has 39 heavy (non-hydrogen) atoms. The van der Waals surface area contributed by atoms with Crippen molar-refractivity contribution in [2.75, 3.05) is 18.0 Å². The maximum Gasteiger partial charge on any atom is 0.243 e. The van der Waals surface area contributed by atoms with Crippen LogP contribution >= 0.6 is 0 Å². The number of nitrogens with one attached hydrogen (secondary N) is 1. The van der Waals surface area contributed by atoms with Crippen LogP contribution in [0.2, 0.25) is 0 Å². The summed E-state index contributed by atoms with van der Waals surface area (Å²) in [5.74, 6) is -1.27. The van der Waals surface area contributed by atoms with Gasteiger partial charge in [-0.3, -0.25) is 14.4 Å². The Morgan fingerprint density at radius 3 is 2.46 bits per heavy atom. The average Bonchev–Trinajstić information content (AvgIpc) is 3.63. The predicted molar refractivity (Wildman–Crippen MR) is 142 cm³/mol. The van der Waals surface area contributed by atoms with Crippen molar-refractivity contribution in [1.29, 1.82) is 0 Å². The molecule has 8 heteroatoms. The zero-order valence-electron chi connectivity index (χ0n) is 21.4. The highest BCUT2D eigenvalue weighted by atomic mass is 19.1. The molecule has 6 rings (SSSR count). The van der Waals surface area contributed by atoms with Crippen molar-refractivity contribution in [2.45, 2.75) is 49.9 Å².